The quantitative estimate of drug-likeness (QED) is 0.415. The van der Waals surface area contributed by atoms with Crippen molar-refractivity contribution in [3.8, 4) is 5.75 Å². The summed E-state index contributed by atoms with van der Waals surface area (Å²) in [6.07, 6.45) is 1.08. The van der Waals surface area contributed by atoms with Crippen molar-refractivity contribution in [3.63, 3.8) is 0 Å². The number of rotatable bonds is 8. The molecule has 1 aromatic rings. The van der Waals surface area contributed by atoms with Gasteiger partial charge in [0, 0.05) is 25.7 Å². The number of aliphatic carboxylic acids is 1. The van der Waals surface area contributed by atoms with Crippen LogP contribution >= 0.6 is 0 Å². The SMILES string of the molecule is NN=C(C=Nc1cccc(OCCN2CCOCC2)c1)CC(=O)O. The van der Waals surface area contributed by atoms with Gasteiger partial charge in [0.25, 0.3) is 0 Å². The number of carboxylic acid groups (broad SMARTS) is 1. The lowest BCUT2D eigenvalue weighted by atomic mass is 10.3. The molecular weight excluding hydrogens is 312 g/mol. The van der Waals surface area contributed by atoms with Crippen LogP contribution < -0.4 is 10.6 Å². The molecule has 0 aliphatic carbocycles. The van der Waals surface area contributed by atoms with Crippen molar-refractivity contribution < 1.29 is 19.4 Å². The van der Waals surface area contributed by atoms with Gasteiger partial charge in [-0.1, -0.05) is 6.07 Å². The number of aliphatic imine (C=N–C) groups is 1. The number of nitrogens with zero attached hydrogens (tertiary/aromatic N) is 3. The number of morpholine rings is 1. The van der Waals surface area contributed by atoms with Crippen LogP contribution in [-0.2, 0) is 9.53 Å². The minimum atomic E-state index is -1.01. The van der Waals surface area contributed by atoms with Gasteiger partial charge >= 0.3 is 5.97 Å². The Morgan fingerprint density at radius 1 is 1.42 bits per heavy atom. The number of hydrogen-bond acceptors (Lipinski definition) is 7. The first-order chi connectivity index (χ1) is 11.7. The molecule has 0 saturated carbocycles. The van der Waals surface area contributed by atoms with Crippen LogP contribution in [0.2, 0.25) is 0 Å². The molecule has 1 aromatic carbocycles. The normalized spacial score (nSPS) is 16.4. The number of benzene rings is 1. The van der Waals surface area contributed by atoms with Crippen LogP contribution in [0.5, 0.6) is 5.75 Å². The maximum atomic E-state index is 10.7. The standard InChI is InChI=1S/C16H22N4O4/c17-19-14(11-16(21)22)12-18-13-2-1-3-15(10-13)24-9-6-20-4-7-23-8-5-20/h1-3,10,12H,4-9,11,17H2,(H,21,22). The topological polar surface area (TPSA) is 110 Å². The van der Waals surface area contributed by atoms with E-state index in [1.807, 2.05) is 12.1 Å². The number of hydrazone groups is 1. The molecule has 1 saturated heterocycles. The second-order valence-electron chi connectivity index (χ2n) is 5.25. The molecule has 0 spiro atoms. The zero-order chi connectivity index (χ0) is 17.2. The van der Waals surface area contributed by atoms with Crippen molar-refractivity contribution in [2.24, 2.45) is 15.9 Å². The molecule has 130 valence electrons. The van der Waals surface area contributed by atoms with E-state index in [-0.39, 0.29) is 12.1 Å². The predicted octanol–water partition coefficient (Wildman–Crippen LogP) is 0.889. The highest BCUT2D eigenvalue weighted by atomic mass is 16.5. The van der Waals surface area contributed by atoms with Crippen molar-refractivity contribution in [1.82, 2.24) is 4.90 Å². The third-order valence-corrected chi connectivity index (χ3v) is 3.46. The first kappa shape index (κ1) is 17.9. The minimum Gasteiger partial charge on any atom is -0.492 e. The summed E-state index contributed by atoms with van der Waals surface area (Å²) in [5.74, 6) is 4.85. The van der Waals surface area contributed by atoms with Crippen LogP contribution in [0.1, 0.15) is 6.42 Å². The molecule has 0 bridgehead atoms. The minimum absolute atomic E-state index is 0.195. The van der Waals surface area contributed by atoms with E-state index in [1.54, 1.807) is 12.1 Å². The van der Waals surface area contributed by atoms with Gasteiger partial charge in [0.05, 0.1) is 37.2 Å². The van der Waals surface area contributed by atoms with E-state index in [0.29, 0.717) is 18.0 Å². The molecule has 8 heteroatoms. The largest absolute Gasteiger partial charge is 0.492 e. The fourth-order valence-corrected chi connectivity index (χ4v) is 2.20. The third kappa shape index (κ3) is 6.35. The smallest absolute Gasteiger partial charge is 0.309 e. The predicted molar refractivity (Wildman–Crippen MR) is 91.2 cm³/mol. The van der Waals surface area contributed by atoms with Crippen LogP contribution in [0.3, 0.4) is 0 Å². The molecule has 0 radical (unpaired) electrons. The molecule has 0 aromatic heterocycles. The summed E-state index contributed by atoms with van der Waals surface area (Å²) < 4.78 is 11.0. The van der Waals surface area contributed by atoms with E-state index < -0.39 is 5.97 Å². The van der Waals surface area contributed by atoms with Gasteiger partial charge in [0.1, 0.15) is 12.4 Å². The maximum absolute atomic E-state index is 10.7. The van der Waals surface area contributed by atoms with Gasteiger partial charge in [-0.2, -0.15) is 5.10 Å². The Morgan fingerprint density at radius 2 is 2.21 bits per heavy atom. The first-order valence-electron chi connectivity index (χ1n) is 7.73. The molecule has 0 atom stereocenters. The van der Waals surface area contributed by atoms with E-state index in [0.717, 1.165) is 32.8 Å². The van der Waals surface area contributed by atoms with E-state index >= 15 is 0 Å². The van der Waals surface area contributed by atoms with Gasteiger partial charge < -0.3 is 20.4 Å². The summed E-state index contributed by atoms with van der Waals surface area (Å²) >= 11 is 0. The average Bonchev–Trinajstić information content (AvgIpc) is 2.59. The van der Waals surface area contributed by atoms with E-state index in [1.165, 1.54) is 6.21 Å². The van der Waals surface area contributed by atoms with Gasteiger partial charge in [-0.05, 0) is 12.1 Å². The number of carboxylic acids is 1. The summed E-state index contributed by atoms with van der Waals surface area (Å²) in [7, 11) is 0. The monoisotopic (exact) mass is 334 g/mol. The molecule has 8 nitrogen and oxygen atoms in total. The Balaban J connectivity index is 1.85. The van der Waals surface area contributed by atoms with E-state index in [2.05, 4.69) is 15.0 Å². The maximum Gasteiger partial charge on any atom is 0.309 e. The second kappa shape index (κ2) is 9.64. The zero-order valence-electron chi connectivity index (χ0n) is 13.4. The molecule has 3 N–H and O–H groups in total. The Hall–Kier alpha value is -2.45. The fraction of sp³-hybridized carbons (Fsp3) is 0.438. The molecule has 1 heterocycles. The second-order valence-corrected chi connectivity index (χ2v) is 5.25. The Morgan fingerprint density at radius 3 is 2.92 bits per heavy atom. The van der Waals surface area contributed by atoms with Crippen LogP contribution in [0, 0.1) is 0 Å². The van der Waals surface area contributed by atoms with Crippen LogP contribution in [0.15, 0.2) is 34.4 Å². The number of ether oxygens (including phenoxy) is 2. The summed E-state index contributed by atoms with van der Waals surface area (Å²) in [4.78, 5) is 17.1. The van der Waals surface area contributed by atoms with Gasteiger partial charge in [0.15, 0.2) is 0 Å². The van der Waals surface area contributed by atoms with Crippen LogP contribution in [0.25, 0.3) is 0 Å². The van der Waals surface area contributed by atoms with Gasteiger partial charge in [0.2, 0.25) is 0 Å². The fourth-order valence-electron chi connectivity index (χ4n) is 2.20. The highest BCUT2D eigenvalue weighted by Crippen LogP contribution is 2.19. The van der Waals surface area contributed by atoms with Crippen molar-refractivity contribution >= 4 is 23.6 Å². The van der Waals surface area contributed by atoms with Crippen LogP contribution in [0.4, 0.5) is 5.69 Å². The molecule has 0 unspecified atom stereocenters. The lowest BCUT2D eigenvalue weighted by Crippen LogP contribution is -2.38. The number of carbonyl (C=O) groups is 1. The van der Waals surface area contributed by atoms with Gasteiger partial charge in [-0.3, -0.25) is 14.7 Å². The summed E-state index contributed by atoms with van der Waals surface area (Å²) in [6.45, 7) is 4.83. The Labute approximate surface area is 140 Å². The summed E-state index contributed by atoms with van der Waals surface area (Å²) in [5.41, 5.74) is 0.839. The molecule has 2 rings (SSSR count). The van der Waals surface area contributed by atoms with E-state index in [9.17, 15) is 4.79 Å². The Bertz CT molecular complexity index is 597. The van der Waals surface area contributed by atoms with Gasteiger partial charge in [-0.15, -0.1) is 0 Å². The number of nitrogens with two attached hydrogens (primary N) is 1. The molecule has 1 fully saturated rings. The third-order valence-electron chi connectivity index (χ3n) is 3.46. The molecular formula is C16H22N4O4. The summed E-state index contributed by atoms with van der Waals surface area (Å²) in [5, 5.41) is 12.1. The van der Waals surface area contributed by atoms with Crippen molar-refractivity contribution in [2.45, 2.75) is 6.42 Å². The number of hydrogen-bond donors (Lipinski definition) is 2. The Kier molecular flexibility index (Phi) is 7.19. The lowest BCUT2D eigenvalue weighted by molar-refractivity contribution is -0.135. The molecule has 1 aliphatic heterocycles. The van der Waals surface area contributed by atoms with E-state index in [4.69, 9.17) is 20.4 Å². The molecule has 0 amide bonds. The highest BCUT2D eigenvalue weighted by Gasteiger charge is 2.09. The van der Waals surface area contributed by atoms with Crippen molar-refractivity contribution in [1.29, 1.82) is 0 Å². The average molecular weight is 334 g/mol. The molecule has 24 heavy (non-hydrogen) atoms. The van der Waals surface area contributed by atoms with Crippen LogP contribution in [-0.4, -0.2) is 67.4 Å². The van der Waals surface area contributed by atoms with Crippen molar-refractivity contribution in [3.05, 3.63) is 24.3 Å². The molecule has 1 aliphatic rings. The van der Waals surface area contributed by atoms with Gasteiger partial charge in [-0.25, -0.2) is 0 Å². The lowest BCUT2D eigenvalue weighted by Gasteiger charge is -2.26. The summed E-state index contributed by atoms with van der Waals surface area (Å²) in [6, 6.07) is 7.26. The first-order valence-corrected chi connectivity index (χ1v) is 7.73. The van der Waals surface area contributed by atoms with Crippen molar-refractivity contribution in [2.75, 3.05) is 39.5 Å². The zero-order valence-corrected chi connectivity index (χ0v) is 13.4. The highest BCUT2D eigenvalue weighted by molar-refractivity contribution is 6.34.